The Hall–Kier alpha value is -2.80. The molecule has 1 fully saturated rings. The van der Waals surface area contributed by atoms with Crippen LogP contribution in [0.1, 0.15) is 34.8 Å². The zero-order chi connectivity index (χ0) is 17.1. The molecule has 2 N–H and O–H groups in total. The molecule has 0 atom stereocenters. The molecule has 1 saturated carbocycles. The Kier molecular flexibility index (Phi) is 4.52. The molecule has 0 bridgehead atoms. The van der Waals surface area contributed by atoms with Crippen LogP contribution in [0, 0.1) is 0 Å². The number of ketones is 2. The lowest BCUT2D eigenvalue weighted by Crippen LogP contribution is -2.25. The summed E-state index contributed by atoms with van der Waals surface area (Å²) in [6, 6.07) is 9.51. The van der Waals surface area contributed by atoms with Crippen molar-refractivity contribution >= 4 is 34.0 Å². The fraction of sp³-hybridized carbons (Fsp3) is 0.176. The molecule has 6 nitrogen and oxygen atoms in total. The van der Waals surface area contributed by atoms with Crippen molar-refractivity contribution in [2.45, 2.75) is 18.8 Å². The summed E-state index contributed by atoms with van der Waals surface area (Å²) in [5, 5.41) is 13.3. The van der Waals surface area contributed by atoms with Crippen LogP contribution >= 0.6 is 11.3 Å². The highest BCUT2D eigenvalue weighted by Gasteiger charge is 2.31. The van der Waals surface area contributed by atoms with Crippen LogP contribution in [0.5, 0.6) is 0 Å². The quantitative estimate of drug-likeness (QED) is 0.655. The number of anilines is 1. The van der Waals surface area contributed by atoms with E-state index in [0.29, 0.717) is 5.13 Å². The Labute approximate surface area is 141 Å². The van der Waals surface area contributed by atoms with E-state index in [1.54, 1.807) is 0 Å². The van der Waals surface area contributed by atoms with Gasteiger partial charge in [0.1, 0.15) is 0 Å². The van der Waals surface area contributed by atoms with E-state index in [0.717, 1.165) is 16.9 Å². The maximum Gasteiger partial charge on any atom is 0.355 e. The van der Waals surface area contributed by atoms with Gasteiger partial charge in [0, 0.05) is 24.4 Å². The second-order valence-corrected chi connectivity index (χ2v) is 6.27. The highest BCUT2D eigenvalue weighted by molar-refractivity contribution is 7.13. The Morgan fingerprint density at radius 1 is 1.21 bits per heavy atom. The Morgan fingerprint density at radius 3 is 2.46 bits per heavy atom. The van der Waals surface area contributed by atoms with Crippen LogP contribution in [0.15, 0.2) is 47.5 Å². The first-order valence-corrected chi connectivity index (χ1v) is 8.19. The number of carboxylic acids is 1. The number of rotatable bonds is 4. The number of benzene rings is 1. The molecule has 0 saturated heterocycles. The van der Waals surface area contributed by atoms with E-state index in [4.69, 9.17) is 5.11 Å². The molecule has 1 aliphatic carbocycles. The molecule has 1 aromatic carbocycles. The van der Waals surface area contributed by atoms with Gasteiger partial charge < -0.3 is 10.4 Å². The molecule has 0 aliphatic heterocycles. The second kappa shape index (κ2) is 6.76. The first kappa shape index (κ1) is 16.1. The molecule has 1 aliphatic rings. The van der Waals surface area contributed by atoms with Gasteiger partial charge in [-0.1, -0.05) is 30.3 Å². The van der Waals surface area contributed by atoms with Gasteiger partial charge in [-0.25, -0.2) is 9.78 Å². The predicted molar refractivity (Wildman–Crippen MR) is 89.2 cm³/mol. The number of thiazole rings is 1. The average molecular weight is 342 g/mol. The van der Waals surface area contributed by atoms with Crippen LogP contribution < -0.4 is 5.32 Å². The van der Waals surface area contributed by atoms with Crippen LogP contribution in [0.25, 0.3) is 0 Å². The molecule has 24 heavy (non-hydrogen) atoms. The van der Waals surface area contributed by atoms with Crippen molar-refractivity contribution in [2.24, 2.45) is 0 Å². The molecule has 122 valence electrons. The lowest BCUT2D eigenvalue weighted by Gasteiger charge is -2.22. The van der Waals surface area contributed by atoms with Crippen molar-refractivity contribution in [1.82, 2.24) is 4.98 Å². The third-order valence-electron chi connectivity index (χ3n) is 3.80. The van der Waals surface area contributed by atoms with Crippen LogP contribution in [-0.2, 0) is 9.59 Å². The van der Waals surface area contributed by atoms with Gasteiger partial charge in [-0.3, -0.25) is 9.59 Å². The van der Waals surface area contributed by atoms with E-state index in [-0.39, 0.29) is 41.6 Å². The summed E-state index contributed by atoms with van der Waals surface area (Å²) in [7, 11) is 0. The maximum absolute atomic E-state index is 12.3. The van der Waals surface area contributed by atoms with Crippen LogP contribution in [0.3, 0.4) is 0 Å². The first-order valence-electron chi connectivity index (χ1n) is 7.31. The Balaban J connectivity index is 1.72. The molecule has 0 amide bonds. The zero-order valence-electron chi connectivity index (χ0n) is 12.6. The van der Waals surface area contributed by atoms with Crippen molar-refractivity contribution in [2.75, 3.05) is 5.32 Å². The molecule has 0 spiro atoms. The number of allylic oxidation sites excluding steroid dienone is 1. The van der Waals surface area contributed by atoms with Gasteiger partial charge in [-0.2, -0.15) is 0 Å². The minimum absolute atomic E-state index is 0.0775. The summed E-state index contributed by atoms with van der Waals surface area (Å²) >= 11 is 1.10. The predicted octanol–water partition coefficient (Wildman–Crippen LogP) is 2.85. The number of carboxylic acid groups (broad SMARTS) is 1. The second-order valence-electron chi connectivity index (χ2n) is 5.41. The summed E-state index contributed by atoms with van der Waals surface area (Å²) in [4.78, 5) is 39.2. The third-order valence-corrected chi connectivity index (χ3v) is 4.57. The van der Waals surface area contributed by atoms with E-state index < -0.39 is 5.97 Å². The Bertz CT molecular complexity index is 806. The van der Waals surface area contributed by atoms with Crippen LogP contribution in [-0.4, -0.2) is 27.6 Å². The molecular formula is C17H14N2O4S. The monoisotopic (exact) mass is 342 g/mol. The number of hydrogen-bond donors (Lipinski definition) is 2. The number of aromatic carboxylic acids is 1. The normalized spacial score (nSPS) is 17.7. The number of aromatic nitrogens is 1. The fourth-order valence-electron chi connectivity index (χ4n) is 2.59. The number of nitrogens with zero attached hydrogens (tertiary/aromatic N) is 1. The lowest BCUT2D eigenvalue weighted by atomic mass is 9.80. The van der Waals surface area contributed by atoms with Crippen molar-refractivity contribution in [3.05, 3.63) is 58.7 Å². The molecule has 2 aromatic rings. The molecule has 3 rings (SSSR count). The third kappa shape index (κ3) is 3.41. The lowest BCUT2D eigenvalue weighted by molar-refractivity contribution is -0.124. The highest BCUT2D eigenvalue weighted by Crippen LogP contribution is 2.31. The summed E-state index contributed by atoms with van der Waals surface area (Å²) in [6.07, 6.45) is 1.89. The smallest absolute Gasteiger partial charge is 0.355 e. The molecule has 7 heteroatoms. The van der Waals surface area contributed by atoms with E-state index in [1.165, 1.54) is 11.6 Å². The van der Waals surface area contributed by atoms with Gasteiger partial charge in [0.05, 0.1) is 5.57 Å². The number of Topliss-reactive ketones (excluding diaryl/α,β-unsaturated/α-hetero) is 2. The molecule has 0 radical (unpaired) electrons. The molecule has 0 unspecified atom stereocenters. The number of nitrogens with one attached hydrogen (secondary N) is 1. The number of carbonyl (C=O) groups excluding carboxylic acids is 2. The van der Waals surface area contributed by atoms with Gasteiger partial charge in [0.25, 0.3) is 0 Å². The van der Waals surface area contributed by atoms with E-state index >= 15 is 0 Å². The van der Waals surface area contributed by atoms with Gasteiger partial charge in [0.2, 0.25) is 0 Å². The number of carbonyl (C=O) groups is 3. The minimum atomic E-state index is -1.12. The standard InChI is InChI=1S/C17H14N2O4S/c20-14-6-11(10-4-2-1-3-5-10)7-15(21)12(14)8-18-17-19-13(9-24-17)16(22)23/h1-5,8-9,11H,6-7H2,(H,18,19)(H,22,23). The van der Waals surface area contributed by atoms with Gasteiger partial charge in [-0.05, 0) is 11.5 Å². The van der Waals surface area contributed by atoms with Crippen molar-refractivity contribution in [3.63, 3.8) is 0 Å². The summed E-state index contributed by atoms with van der Waals surface area (Å²) in [5.74, 6) is -1.66. The fourth-order valence-corrected chi connectivity index (χ4v) is 3.24. The SMILES string of the molecule is O=C1CC(c2ccccc2)CC(=O)C1=CNc1nc(C(=O)O)cs1. The summed E-state index contributed by atoms with van der Waals surface area (Å²) in [6.45, 7) is 0. The van der Waals surface area contributed by atoms with Crippen LogP contribution in [0.2, 0.25) is 0 Å². The van der Waals surface area contributed by atoms with E-state index in [2.05, 4.69) is 10.3 Å². The first-order chi connectivity index (χ1) is 11.5. The topological polar surface area (TPSA) is 96.4 Å². The molecule has 1 aromatic heterocycles. The van der Waals surface area contributed by atoms with Crippen LogP contribution in [0.4, 0.5) is 5.13 Å². The molecular weight excluding hydrogens is 328 g/mol. The summed E-state index contributed by atoms with van der Waals surface area (Å²) in [5.41, 5.74) is 1.01. The maximum atomic E-state index is 12.3. The number of hydrogen-bond acceptors (Lipinski definition) is 6. The van der Waals surface area contributed by atoms with E-state index in [1.807, 2.05) is 30.3 Å². The molecule has 1 heterocycles. The van der Waals surface area contributed by atoms with Crippen molar-refractivity contribution in [3.8, 4) is 0 Å². The summed E-state index contributed by atoms with van der Waals surface area (Å²) < 4.78 is 0. The zero-order valence-corrected chi connectivity index (χ0v) is 13.4. The Morgan fingerprint density at radius 2 is 1.88 bits per heavy atom. The van der Waals surface area contributed by atoms with Gasteiger partial charge in [-0.15, -0.1) is 11.3 Å². The van der Waals surface area contributed by atoms with E-state index in [9.17, 15) is 14.4 Å². The van der Waals surface area contributed by atoms with Gasteiger partial charge >= 0.3 is 5.97 Å². The highest BCUT2D eigenvalue weighted by atomic mass is 32.1. The van der Waals surface area contributed by atoms with Crippen molar-refractivity contribution in [1.29, 1.82) is 0 Å². The average Bonchev–Trinajstić information content (AvgIpc) is 3.04. The van der Waals surface area contributed by atoms with Crippen molar-refractivity contribution < 1.29 is 19.5 Å². The van der Waals surface area contributed by atoms with Gasteiger partial charge in [0.15, 0.2) is 22.4 Å². The minimum Gasteiger partial charge on any atom is -0.476 e. The largest absolute Gasteiger partial charge is 0.476 e.